The standard InChI is InChI=1S/C25H30F3N3O5/c1-36-22(33)9-4-16-2-6-19(7-3-16)30-15-21(32)31(24(30)35)20-8-5-17-10-12-29(13-11-18(17)14-20)23(34)25(26,27)28/h5,8,14,16,19H,2-4,6-7,9-13,15H2,1H3/t16-,19-. The van der Waals surface area contributed by atoms with Crippen molar-refractivity contribution in [3.8, 4) is 0 Å². The number of halogens is 3. The van der Waals surface area contributed by atoms with Crippen LogP contribution in [0.2, 0.25) is 0 Å². The Labute approximate surface area is 207 Å². The third-order valence-corrected chi connectivity index (χ3v) is 7.51. The monoisotopic (exact) mass is 509 g/mol. The summed E-state index contributed by atoms with van der Waals surface area (Å²) < 4.78 is 43.2. The number of nitrogens with zero attached hydrogens (tertiary/aromatic N) is 3. The van der Waals surface area contributed by atoms with Gasteiger partial charge in [-0.25, -0.2) is 9.69 Å². The van der Waals surface area contributed by atoms with Crippen LogP contribution < -0.4 is 4.90 Å². The quantitative estimate of drug-likeness (QED) is 0.448. The molecule has 0 radical (unpaired) electrons. The lowest BCUT2D eigenvalue weighted by atomic mass is 9.83. The van der Waals surface area contributed by atoms with Crippen LogP contribution in [0.25, 0.3) is 0 Å². The number of fused-ring (bicyclic) bond motifs is 1. The molecule has 0 bridgehead atoms. The largest absolute Gasteiger partial charge is 0.471 e. The molecule has 4 amide bonds. The molecular weight excluding hydrogens is 479 g/mol. The number of imide groups is 1. The summed E-state index contributed by atoms with van der Waals surface area (Å²) in [5.41, 5.74) is 1.93. The van der Waals surface area contributed by atoms with E-state index in [0.717, 1.165) is 53.0 Å². The van der Waals surface area contributed by atoms with Crippen molar-refractivity contribution in [3.05, 3.63) is 29.3 Å². The molecule has 1 saturated heterocycles. The minimum Gasteiger partial charge on any atom is -0.469 e. The third kappa shape index (κ3) is 5.49. The summed E-state index contributed by atoms with van der Waals surface area (Å²) in [6.45, 7) is -0.133. The normalized spacial score (nSPS) is 22.9. The van der Waals surface area contributed by atoms with E-state index in [9.17, 15) is 32.3 Å². The molecule has 36 heavy (non-hydrogen) atoms. The predicted octanol–water partition coefficient (Wildman–Crippen LogP) is 3.46. The minimum atomic E-state index is -4.92. The van der Waals surface area contributed by atoms with Crippen molar-refractivity contribution in [2.24, 2.45) is 5.92 Å². The summed E-state index contributed by atoms with van der Waals surface area (Å²) in [6.07, 6.45) is -0.0684. The van der Waals surface area contributed by atoms with Crippen LogP contribution in [0.3, 0.4) is 0 Å². The molecule has 2 aliphatic heterocycles. The Kier molecular flexibility index (Phi) is 7.56. The first-order chi connectivity index (χ1) is 17.1. The molecule has 0 atom stereocenters. The van der Waals surface area contributed by atoms with E-state index in [1.54, 1.807) is 23.1 Å². The fourth-order valence-corrected chi connectivity index (χ4v) is 5.46. The average Bonchev–Trinajstić information content (AvgIpc) is 3.02. The zero-order valence-corrected chi connectivity index (χ0v) is 20.2. The van der Waals surface area contributed by atoms with Gasteiger partial charge in [0.1, 0.15) is 6.54 Å². The molecule has 1 saturated carbocycles. The topological polar surface area (TPSA) is 87.2 Å². The number of methoxy groups -OCH3 is 1. The molecule has 1 aliphatic carbocycles. The highest BCUT2D eigenvalue weighted by molar-refractivity contribution is 6.20. The summed E-state index contributed by atoms with van der Waals surface area (Å²) in [6, 6.07) is 4.61. The number of urea groups is 1. The highest BCUT2D eigenvalue weighted by Crippen LogP contribution is 2.34. The number of alkyl halides is 3. The number of anilines is 1. The molecule has 0 spiro atoms. The van der Waals surface area contributed by atoms with Crippen molar-refractivity contribution in [1.29, 1.82) is 0 Å². The van der Waals surface area contributed by atoms with Crippen molar-refractivity contribution >= 4 is 29.5 Å². The van der Waals surface area contributed by atoms with Gasteiger partial charge in [0.2, 0.25) is 0 Å². The summed E-state index contributed by atoms with van der Waals surface area (Å²) in [7, 11) is 1.37. The lowest BCUT2D eigenvalue weighted by molar-refractivity contribution is -0.185. The molecule has 0 aromatic heterocycles. The van der Waals surface area contributed by atoms with Gasteiger partial charge in [-0.2, -0.15) is 13.2 Å². The first-order valence-electron chi connectivity index (χ1n) is 12.3. The molecule has 2 heterocycles. The molecule has 4 rings (SSSR count). The molecule has 2 fully saturated rings. The number of hydrogen-bond donors (Lipinski definition) is 0. The smallest absolute Gasteiger partial charge is 0.469 e. The van der Waals surface area contributed by atoms with Crippen LogP contribution in [0.1, 0.15) is 49.7 Å². The predicted molar refractivity (Wildman–Crippen MR) is 123 cm³/mol. The second-order valence-corrected chi connectivity index (χ2v) is 9.67. The number of benzene rings is 1. The van der Waals surface area contributed by atoms with E-state index in [-0.39, 0.29) is 56.4 Å². The average molecular weight is 510 g/mol. The molecule has 0 N–H and O–H groups in total. The van der Waals surface area contributed by atoms with Gasteiger partial charge in [0.15, 0.2) is 0 Å². The van der Waals surface area contributed by atoms with Crippen molar-refractivity contribution in [1.82, 2.24) is 9.80 Å². The van der Waals surface area contributed by atoms with Gasteiger partial charge >= 0.3 is 24.1 Å². The Morgan fingerprint density at radius 1 is 1.03 bits per heavy atom. The fourth-order valence-electron chi connectivity index (χ4n) is 5.46. The Balaban J connectivity index is 1.39. The van der Waals surface area contributed by atoms with Gasteiger partial charge in [-0.05, 0) is 74.1 Å². The van der Waals surface area contributed by atoms with Gasteiger partial charge in [-0.3, -0.25) is 14.4 Å². The fraction of sp³-hybridized carbons (Fsp3) is 0.600. The molecule has 196 valence electrons. The molecular formula is C25H30F3N3O5. The van der Waals surface area contributed by atoms with E-state index in [1.165, 1.54) is 7.11 Å². The number of ether oxygens (including phenoxy) is 1. The van der Waals surface area contributed by atoms with Gasteiger partial charge in [0.25, 0.3) is 5.91 Å². The number of amides is 4. The van der Waals surface area contributed by atoms with Crippen molar-refractivity contribution < 1.29 is 37.1 Å². The van der Waals surface area contributed by atoms with Crippen molar-refractivity contribution in [2.45, 2.75) is 63.6 Å². The molecule has 0 unspecified atom stereocenters. The Morgan fingerprint density at radius 2 is 1.69 bits per heavy atom. The van der Waals surface area contributed by atoms with Gasteiger partial charge in [0.05, 0.1) is 12.8 Å². The first kappa shape index (κ1) is 26.0. The van der Waals surface area contributed by atoms with Gasteiger partial charge in [-0.15, -0.1) is 0 Å². The van der Waals surface area contributed by atoms with Crippen LogP contribution in [0.5, 0.6) is 0 Å². The lowest BCUT2D eigenvalue weighted by Gasteiger charge is -2.33. The molecule has 3 aliphatic rings. The number of rotatable bonds is 5. The molecule has 1 aromatic carbocycles. The molecule has 11 heteroatoms. The van der Waals surface area contributed by atoms with Gasteiger partial charge in [0, 0.05) is 25.6 Å². The van der Waals surface area contributed by atoms with Crippen LogP contribution in [0, 0.1) is 5.92 Å². The SMILES string of the molecule is COC(=O)CC[C@H]1CC[C@H](N2CC(=O)N(c3ccc4c(c3)CCN(C(=O)C(F)(F)F)CC4)C2=O)CC1. The molecule has 8 nitrogen and oxygen atoms in total. The summed E-state index contributed by atoms with van der Waals surface area (Å²) >= 11 is 0. The highest BCUT2D eigenvalue weighted by Gasteiger charge is 2.43. The van der Waals surface area contributed by atoms with E-state index in [1.807, 2.05) is 0 Å². The number of carbonyl (C=O) groups is 4. The maximum absolute atomic E-state index is 13.2. The summed E-state index contributed by atoms with van der Waals surface area (Å²) in [5.74, 6) is -2.03. The molecule has 1 aromatic rings. The van der Waals surface area contributed by atoms with Gasteiger partial charge < -0.3 is 14.5 Å². The zero-order valence-electron chi connectivity index (χ0n) is 20.2. The summed E-state index contributed by atoms with van der Waals surface area (Å²) in [4.78, 5) is 52.7. The second kappa shape index (κ2) is 10.5. The van der Waals surface area contributed by atoms with Gasteiger partial charge in [-0.1, -0.05) is 6.07 Å². The maximum atomic E-state index is 13.2. The Morgan fingerprint density at radius 3 is 2.33 bits per heavy atom. The number of carbonyl (C=O) groups excluding carboxylic acids is 4. The van der Waals surface area contributed by atoms with E-state index < -0.39 is 12.1 Å². The first-order valence-corrected chi connectivity index (χ1v) is 12.3. The van der Waals surface area contributed by atoms with Crippen LogP contribution >= 0.6 is 0 Å². The van der Waals surface area contributed by atoms with Crippen LogP contribution in [0.4, 0.5) is 23.7 Å². The zero-order chi connectivity index (χ0) is 26.0. The number of hydrogen-bond acceptors (Lipinski definition) is 5. The second-order valence-electron chi connectivity index (χ2n) is 9.67. The van der Waals surface area contributed by atoms with E-state index in [4.69, 9.17) is 4.74 Å². The Bertz CT molecular complexity index is 1040. The maximum Gasteiger partial charge on any atom is 0.471 e. The van der Waals surface area contributed by atoms with Crippen LogP contribution in [-0.4, -0.2) is 72.6 Å². The lowest BCUT2D eigenvalue weighted by Crippen LogP contribution is -2.42. The van der Waals surface area contributed by atoms with E-state index >= 15 is 0 Å². The minimum absolute atomic E-state index is 0.0126. The number of esters is 1. The third-order valence-electron chi connectivity index (χ3n) is 7.51. The highest BCUT2D eigenvalue weighted by atomic mass is 19.4. The van der Waals surface area contributed by atoms with Crippen molar-refractivity contribution in [3.63, 3.8) is 0 Å². The van der Waals surface area contributed by atoms with Crippen LogP contribution in [0.15, 0.2) is 18.2 Å². The van der Waals surface area contributed by atoms with Crippen molar-refractivity contribution in [2.75, 3.05) is 31.6 Å². The van der Waals surface area contributed by atoms with E-state index in [0.29, 0.717) is 18.0 Å². The Hall–Kier alpha value is -3.11. The summed E-state index contributed by atoms with van der Waals surface area (Å²) in [5, 5.41) is 0. The van der Waals surface area contributed by atoms with Crippen LogP contribution in [-0.2, 0) is 32.0 Å². The van der Waals surface area contributed by atoms with E-state index in [2.05, 4.69) is 0 Å².